The summed E-state index contributed by atoms with van der Waals surface area (Å²) in [5.74, 6) is 0.653. The lowest BCUT2D eigenvalue weighted by Crippen LogP contribution is -2.25. The first-order valence-corrected chi connectivity index (χ1v) is 11.2. The van der Waals surface area contributed by atoms with Gasteiger partial charge >= 0.3 is 5.97 Å². The van der Waals surface area contributed by atoms with Crippen LogP contribution in [0.2, 0.25) is 0 Å². The van der Waals surface area contributed by atoms with Crippen LogP contribution in [0.4, 0.5) is 0 Å². The van der Waals surface area contributed by atoms with E-state index in [0.717, 1.165) is 4.47 Å². The van der Waals surface area contributed by atoms with Gasteiger partial charge in [-0.25, -0.2) is 9.78 Å². The summed E-state index contributed by atoms with van der Waals surface area (Å²) in [6.45, 7) is 3.46. The first kappa shape index (κ1) is 23.9. The first-order chi connectivity index (χ1) is 15.3. The maximum Gasteiger partial charge on any atom is 0.346 e. The summed E-state index contributed by atoms with van der Waals surface area (Å²) in [6.07, 6.45) is 1.10. The summed E-state index contributed by atoms with van der Waals surface area (Å²) < 4.78 is 18.7. The molecule has 2 aromatic carbocycles. The minimum Gasteiger partial charge on any atom is -0.493 e. The number of aryl methyl sites for hydroxylation is 1. The number of esters is 1. The summed E-state index contributed by atoms with van der Waals surface area (Å²) in [5.41, 5.74) is 0.800. The van der Waals surface area contributed by atoms with E-state index in [2.05, 4.69) is 41.9 Å². The molecule has 0 radical (unpaired) electrons. The van der Waals surface area contributed by atoms with Gasteiger partial charge in [-0.1, -0.05) is 38.8 Å². The number of benzene rings is 2. The lowest BCUT2D eigenvalue weighted by molar-refractivity contribution is -0.147. The van der Waals surface area contributed by atoms with Crippen molar-refractivity contribution in [1.82, 2.24) is 9.66 Å². The summed E-state index contributed by atoms with van der Waals surface area (Å²) in [7, 11) is 2.77. The van der Waals surface area contributed by atoms with Crippen molar-refractivity contribution in [2.75, 3.05) is 14.2 Å². The fraction of sp³-hybridized carbons (Fsp3) is 0.273. The van der Waals surface area contributed by atoms with Gasteiger partial charge in [-0.15, -0.1) is 0 Å². The van der Waals surface area contributed by atoms with Crippen molar-refractivity contribution in [2.45, 2.75) is 26.4 Å². The van der Waals surface area contributed by atoms with Gasteiger partial charge in [0.1, 0.15) is 5.82 Å². The number of rotatable bonds is 7. The molecule has 1 atom stereocenters. The number of fused-ring (bicyclic) bond motifs is 1. The van der Waals surface area contributed by atoms with Crippen LogP contribution in [0, 0.1) is 0 Å². The van der Waals surface area contributed by atoms with Crippen molar-refractivity contribution in [3.63, 3.8) is 0 Å². The second-order valence-electron chi connectivity index (χ2n) is 6.71. The SMILES string of the molecule is CCc1nc2ccc(Br)cc2c(=O)n1N=Cc1cc(Br)cc(OC)c1O[C@H](C)C(=O)OC. The molecule has 0 unspecified atom stereocenters. The molecule has 0 N–H and O–H groups in total. The highest BCUT2D eigenvalue weighted by Crippen LogP contribution is 2.35. The van der Waals surface area contributed by atoms with E-state index in [4.69, 9.17) is 14.2 Å². The molecule has 0 saturated heterocycles. The third-order valence-electron chi connectivity index (χ3n) is 4.60. The normalized spacial score (nSPS) is 12.2. The van der Waals surface area contributed by atoms with Crippen molar-refractivity contribution in [3.05, 3.63) is 61.0 Å². The first-order valence-electron chi connectivity index (χ1n) is 9.66. The van der Waals surface area contributed by atoms with Crippen molar-refractivity contribution < 1.29 is 19.0 Å². The molecular formula is C22H21Br2N3O5. The lowest BCUT2D eigenvalue weighted by atomic mass is 10.2. The molecule has 8 nitrogen and oxygen atoms in total. The van der Waals surface area contributed by atoms with E-state index in [1.54, 1.807) is 31.2 Å². The molecule has 3 rings (SSSR count). The van der Waals surface area contributed by atoms with E-state index >= 15 is 0 Å². The van der Waals surface area contributed by atoms with Crippen molar-refractivity contribution in [2.24, 2.45) is 5.10 Å². The fourth-order valence-corrected chi connectivity index (χ4v) is 3.83. The molecule has 1 aromatic heterocycles. The monoisotopic (exact) mass is 565 g/mol. The van der Waals surface area contributed by atoms with E-state index in [1.165, 1.54) is 25.1 Å². The van der Waals surface area contributed by atoms with Crippen LogP contribution in [-0.4, -0.2) is 42.2 Å². The predicted molar refractivity (Wildman–Crippen MR) is 129 cm³/mol. The van der Waals surface area contributed by atoms with Gasteiger partial charge in [-0.3, -0.25) is 4.79 Å². The Morgan fingerprint density at radius 1 is 1.22 bits per heavy atom. The standard InChI is InChI=1S/C22H21Br2N3O5/c1-5-19-26-17-7-6-14(23)9-16(17)21(28)27(19)25-11-13-8-15(24)10-18(30-3)20(13)32-12(2)22(29)31-4/h6-12H,5H2,1-4H3/t12-/m1/s1. The third kappa shape index (κ3) is 5.02. The number of aromatic nitrogens is 2. The molecule has 1 heterocycles. The number of ether oxygens (including phenoxy) is 3. The Balaban J connectivity index is 2.14. The van der Waals surface area contributed by atoms with Crippen LogP contribution >= 0.6 is 31.9 Å². The lowest BCUT2D eigenvalue weighted by Gasteiger charge is -2.17. The zero-order valence-electron chi connectivity index (χ0n) is 17.9. The van der Waals surface area contributed by atoms with E-state index in [9.17, 15) is 9.59 Å². The summed E-state index contributed by atoms with van der Waals surface area (Å²) >= 11 is 6.82. The summed E-state index contributed by atoms with van der Waals surface area (Å²) in [6, 6.07) is 8.78. The van der Waals surface area contributed by atoms with Gasteiger partial charge in [0, 0.05) is 20.9 Å². The van der Waals surface area contributed by atoms with Crippen LogP contribution in [0.3, 0.4) is 0 Å². The molecule has 0 fully saturated rings. The number of carbonyl (C=O) groups is 1. The Kier molecular flexibility index (Phi) is 7.68. The molecule has 0 bridgehead atoms. The summed E-state index contributed by atoms with van der Waals surface area (Å²) in [5, 5.41) is 4.85. The average molecular weight is 567 g/mol. The highest BCUT2D eigenvalue weighted by atomic mass is 79.9. The average Bonchev–Trinajstić information content (AvgIpc) is 2.79. The Bertz CT molecular complexity index is 1260. The number of hydrogen-bond acceptors (Lipinski definition) is 7. The molecule has 0 amide bonds. The molecule has 0 saturated carbocycles. The van der Waals surface area contributed by atoms with Crippen molar-refractivity contribution in [3.8, 4) is 11.5 Å². The van der Waals surface area contributed by atoms with Crippen LogP contribution in [0.5, 0.6) is 11.5 Å². The van der Waals surface area contributed by atoms with Crippen molar-refractivity contribution in [1.29, 1.82) is 0 Å². The second kappa shape index (κ2) is 10.3. The van der Waals surface area contributed by atoms with Crippen LogP contribution in [0.1, 0.15) is 25.2 Å². The molecule has 32 heavy (non-hydrogen) atoms. The highest BCUT2D eigenvalue weighted by molar-refractivity contribution is 9.10. The fourth-order valence-electron chi connectivity index (χ4n) is 3.02. The Labute approximate surface area is 201 Å². The van der Waals surface area contributed by atoms with Gasteiger partial charge in [-0.05, 0) is 37.3 Å². The minimum atomic E-state index is -0.879. The maximum absolute atomic E-state index is 13.1. The van der Waals surface area contributed by atoms with E-state index in [-0.39, 0.29) is 5.56 Å². The zero-order valence-corrected chi connectivity index (χ0v) is 21.1. The van der Waals surface area contributed by atoms with Crippen LogP contribution in [0.25, 0.3) is 10.9 Å². The Morgan fingerprint density at radius 2 is 1.97 bits per heavy atom. The maximum atomic E-state index is 13.1. The molecular weight excluding hydrogens is 546 g/mol. The van der Waals surface area contributed by atoms with E-state index < -0.39 is 12.1 Å². The number of nitrogens with zero attached hydrogens (tertiary/aromatic N) is 3. The number of hydrogen-bond donors (Lipinski definition) is 0. The molecule has 0 aliphatic heterocycles. The molecule has 10 heteroatoms. The summed E-state index contributed by atoms with van der Waals surface area (Å²) in [4.78, 5) is 29.6. The Morgan fingerprint density at radius 3 is 2.62 bits per heavy atom. The molecule has 168 valence electrons. The molecule has 0 spiro atoms. The molecule has 3 aromatic rings. The second-order valence-corrected chi connectivity index (χ2v) is 8.55. The number of halogens is 2. The smallest absolute Gasteiger partial charge is 0.346 e. The van der Waals surface area contributed by atoms with E-state index in [0.29, 0.717) is 44.7 Å². The predicted octanol–water partition coefficient (Wildman–Crippen LogP) is 4.32. The number of methoxy groups -OCH3 is 2. The largest absolute Gasteiger partial charge is 0.493 e. The quantitative estimate of drug-likeness (QED) is 0.312. The third-order valence-corrected chi connectivity index (χ3v) is 5.55. The minimum absolute atomic E-state index is 0.292. The Hall–Kier alpha value is -2.72. The van der Waals surface area contributed by atoms with E-state index in [1.807, 2.05) is 13.0 Å². The number of carbonyl (C=O) groups excluding carboxylic acids is 1. The van der Waals surface area contributed by atoms with Crippen LogP contribution < -0.4 is 15.0 Å². The van der Waals surface area contributed by atoms with Crippen LogP contribution in [0.15, 0.2) is 49.2 Å². The van der Waals surface area contributed by atoms with Crippen molar-refractivity contribution >= 4 is 54.9 Å². The van der Waals surface area contributed by atoms with Gasteiger partial charge in [-0.2, -0.15) is 9.78 Å². The van der Waals surface area contributed by atoms with Gasteiger partial charge < -0.3 is 14.2 Å². The van der Waals surface area contributed by atoms with Gasteiger partial charge in [0.25, 0.3) is 5.56 Å². The molecule has 0 aliphatic carbocycles. The van der Waals surface area contributed by atoms with Crippen LogP contribution in [-0.2, 0) is 16.0 Å². The van der Waals surface area contributed by atoms with Gasteiger partial charge in [0.2, 0.25) is 0 Å². The van der Waals surface area contributed by atoms with Gasteiger partial charge in [0.15, 0.2) is 17.6 Å². The molecule has 0 aliphatic rings. The highest BCUT2D eigenvalue weighted by Gasteiger charge is 2.20. The topological polar surface area (TPSA) is 92.0 Å². The van der Waals surface area contributed by atoms with Gasteiger partial charge in [0.05, 0.1) is 31.3 Å². The zero-order chi connectivity index (χ0) is 23.4.